The molecular formula is C15H9F3N2O. The SMILES string of the molecule is Oc1ccc2c(-c3ccc(C(F)(F)F)cc3)ncnc2c1. The highest BCUT2D eigenvalue weighted by Gasteiger charge is 2.30. The monoisotopic (exact) mass is 290 g/mol. The summed E-state index contributed by atoms with van der Waals surface area (Å²) in [7, 11) is 0. The summed E-state index contributed by atoms with van der Waals surface area (Å²) < 4.78 is 37.7. The average molecular weight is 290 g/mol. The van der Waals surface area contributed by atoms with Gasteiger partial charge in [-0.25, -0.2) is 9.97 Å². The van der Waals surface area contributed by atoms with Gasteiger partial charge in [-0.05, 0) is 24.3 Å². The van der Waals surface area contributed by atoms with Crippen LogP contribution in [0, 0.1) is 0 Å². The number of hydrogen-bond donors (Lipinski definition) is 1. The van der Waals surface area contributed by atoms with Crippen molar-refractivity contribution in [3.05, 3.63) is 54.4 Å². The second kappa shape index (κ2) is 4.73. The van der Waals surface area contributed by atoms with Crippen molar-refractivity contribution in [3.8, 4) is 17.0 Å². The first-order valence-corrected chi connectivity index (χ1v) is 6.06. The van der Waals surface area contributed by atoms with Crippen LogP contribution in [0.1, 0.15) is 5.56 Å². The molecule has 0 atom stereocenters. The highest BCUT2D eigenvalue weighted by atomic mass is 19.4. The van der Waals surface area contributed by atoms with E-state index in [-0.39, 0.29) is 5.75 Å². The lowest BCUT2D eigenvalue weighted by Crippen LogP contribution is -2.04. The Bertz CT molecular complexity index is 798. The molecule has 0 aliphatic heterocycles. The molecule has 106 valence electrons. The van der Waals surface area contributed by atoms with Crippen LogP contribution in [0.3, 0.4) is 0 Å². The van der Waals surface area contributed by atoms with Crippen molar-refractivity contribution in [2.24, 2.45) is 0 Å². The van der Waals surface area contributed by atoms with E-state index in [1.165, 1.54) is 30.6 Å². The lowest BCUT2D eigenvalue weighted by Gasteiger charge is -2.09. The molecule has 0 radical (unpaired) electrons. The van der Waals surface area contributed by atoms with Crippen LogP contribution in [-0.2, 0) is 6.18 Å². The van der Waals surface area contributed by atoms with E-state index in [1.807, 2.05) is 0 Å². The van der Waals surface area contributed by atoms with Crippen LogP contribution in [0.5, 0.6) is 5.75 Å². The van der Waals surface area contributed by atoms with E-state index in [0.717, 1.165) is 12.1 Å². The molecule has 0 spiro atoms. The number of halogens is 3. The number of benzene rings is 2. The number of phenols is 1. The minimum atomic E-state index is -4.36. The van der Waals surface area contributed by atoms with Crippen molar-refractivity contribution in [2.75, 3.05) is 0 Å². The van der Waals surface area contributed by atoms with Crippen molar-refractivity contribution in [1.82, 2.24) is 9.97 Å². The van der Waals surface area contributed by atoms with Gasteiger partial charge in [0.1, 0.15) is 12.1 Å². The van der Waals surface area contributed by atoms with Gasteiger partial charge in [0.05, 0.1) is 16.8 Å². The molecule has 3 rings (SSSR count). The lowest BCUT2D eigenvalue weighted by molar-refractivity contribution is -0.137. The molecule has 1 aromatic heterocycles. The molecule has 3 aromatic rings. The number of phenolic OH excluding ortho intramolecular Hbond substituents is 1. The molecule has 1 N–H and O–H groups in total. The predicted octanol–water partition coefficient (Wildman–Crippen LogP) is 4.02. The summed E-state index contributed by atoms with van der Waals surface area (Å²) >= 11 is 0. The third-order valence-corrected chi connectivity index (χ3v) is 3.11. The van der Waals surface area contributed by atoms with Gasteiger partial charge in [-0.3, -0.25) is 0 Å². The number of fused-ring (bicyclic) bond motifs is 1. The Morgan fingerprint density at radius 1 is 0.905 bits per heavy atom. The zero-order chi connectivity index (χ0) is 15.0. The van der Waals surface area contributed by atoms with Crippen LogP contribution >= 0.6 is 0 Å². The predicted molar refractivity (Wildman–Crippen MR) is 71.6 cm³/mol. The molecule has 0 saturated heterocycles. The zero-order valence-corrected chi connectivity index (χ0v) is 10.6. The van der Waals surface area contributed by atoms with E-state index in [0.29, 0.717) is 22.2 Å². The third-order valence-electron chi connectivity index (χ3n) is 3.11. The molecule has 0 aliphatic rings. The van der Waals surface area contributed by atoms with E-state index >= 15 is 0 Å². The van der Waals surface area contributed by atoms with Crippen LogP contribution in [0.15, 0.2) is 48.8 Å². The Balaban J connectivity index is 2.12. The number of alkyl halides is 3. The number of aromatic nitrogens is 2. The number of aromatic hydroxyl groups is 1. The lowest BCUT2D eigenvalue weighted by atomic mass is 10.0. The van der Waals surface area contributed by atoms with E-state index in [2.05, 4.69) is 9.97 Å². The largest absolute Gasteiger partial charge is 0.508 e. The van der Waals surface area contributed by atoms with E-state index in [1.54, 1.807) is 6.07 Å². The highest BCUT2D eigenvalue weighted by Crippen LogP contribution is 2.32. The summed E-state index contributed by atoms with van der Waals surface area (Å²) in [4.78, 5) is 8.16. The third kappa shape index (κ3) is 2.52. The second-order valence-electron chi connectivity index (χ2n) is 4.50. The fourth-order valence-corrected chi connectivity index (χ4v) is 2.09. The van der Waals surface area contributed by atoms with Gasteiger partial charge >= 0.3 is 6.18 Å². The Hall–Kier alpha value is -2.63. The maximum absolute atomic E-state index is 12.6. The fourth-order valence-electron chi connectivity index (χ4n) is 2.09. The molecule has 0 unspecified atom stereocenters. The van der Waals surface area contributed by atoms with Gasteiger partial charge in [0.15, 0.2) is 0 Å². The van der Waals surface area contributed by atoms with Crippen LogP contribution in [0.4, 0.5) is 13.2 Å². The standard InChI is InChI=1S/C15H9F3N2O/c16-15(17,18)10-3-1-9(2-4-10)14-12-6-5-11(21)7-13(12)19-8-20-14/h1-8,21H. The maximum atomic E-state index is 12.6. The first kappa shape index (κ1) is 13.4. The van der Waals surface area contributed by atoms with Crippen LogP contribution < -0.4 is 0 Å². The van der Waals surface area contributed by atoms with Crippen LogP contribution in [0.2, 0.25) is 0 Å². The van der Waals surface area contributed by atoms with Crippen molar-refractivity contribution in [2.45, 2.75) is 6.18 Å². The van der Waals surface area contributed by atoms with E-state index in [9.17, 15) is 18.3 Å². The van der Waals surface area contributed by atoms with Crippen molar-refractivity contribution in [3.63, 3.8) is 0 Å². The normalized spacial score (nSPS) is 11.8. The van der Waals surface area contributed by atoms with Crippen molar-refractivity contribution in [1.29, 1.82) is 0 Å². The molecule has 21 heavy (non-hydrogen) atoms. The molecule has 0 amide bonds. The van der Waals surface area contributed by atoms with Gasteiger partial charge in [-0.15, -0.1) is 0 Å². The first-order chi connectivity index (χ1) is 9.95. The van der Waals surface area contributed by atoms with Gasteiger partial charge in [-0.2, -0.15) is 13.2 Å². The molecule has 6 heteroatoms. The quantitative estimate of drug-likeness (QED) is 0.736. The number of rotatable bonds is 1. The van der Waals surface area contributed by atoms with Gasteiger partial charge < -0.3 is 5.11 Å². The Kier molecular flexibility index (Phi) is 3.01. The Labute approximate surface area is 117 Å². The Morgan fingerprint density at radius 2 is 1.62 bits per heavy atom. The smallest absolute Gasteiger partial charge is 0.416 e. The summed E-state index contributed by atoms with van der Waals surface area (Å²) in [6.45, 7) is 0. The van der Waals surface area contributed by atoms with Crippen molar-refractivity contribution >= 4 is 10.9 Å². The first-order valence-electron chi connectivity index (χ1n) is 6.06. The Morgan fingerprint density at radius 3 is 2.29 bits per heavy atom. The molecule has 2 aromatic carbocycles. The van der Waals surface area contributed by atoms with Gasteiger partial charge in [0.25, 0.3) is 0 Å². The minimum Gasteiger partial charge on any atom is -0.508 e. The molecule has 0 bridgehead atoms. The van der Waals surface area contributed by atoms with Gasteiger partial charge in [0, 0.05) is 17.0 Å². The van der Waals surface area contributed by atoms with Crippen molar-refractivity contribution < 1.29 is 18.3 Å². The number of nitrogens with zero attached hydrogens (tertiary/aromatic N) is 2. The molecule has 0 aliphatic carbocycles. The van der Waals surface area contributed by atoms with Crippen LogP contribution in [-0.4, -0.2) is 15.1 Å². The topological polar surface area (TPSA) is 46.0 Å². The van der Waals surface area contributed by atoms with E-state index < -0.39 is 11.7 Å². The molecule has 0 fully saturated rings. The molecule has 3 nitrogen and oxygen atoms in total. The van der Waals surface area contributed by atoms with Crippen LogP contribution in [0.25, 0.3) is 22.2 Å². The molecule has 0 saturated carbocycles. The fraction of sp³-hybridized carbons (Fsp3) is 0.0667. The summed E-state index contributed by atoms with van der Waals surface area (Å²) in [5.74, 6) is 0.0690. The zero-order valence-electron chi connectivity index (χ0n) is 10.6. The summed E-state index contributed by atoms with van der Waals surface area (Å²) in [6, 6.07) is 9.38. The van der Waals surface area contributed by atoms with Gasteiger partial charge in [-0.1, -0.05) is 12.1 Å². The average Bonchev–Trinajstić information content (AvgIpc) is 2.45. The number of hydrogen-bond acceptors (Lipinski definition) is 3. The summed E-state index contributed by atoms with van der Waals surface area (Å²) in [5, 5.41) is 10.1. The van der Waals surface area contributed by atoms with E-state index in [4.69, 9.17) is 0 Å². The molecule has 1 heterocycles. The summed E-state index contributed by atoms with van der Waals surface area (Å²) in [5.41, 5.74) is 0.900. The highest BCUT2D eigenvalue weighted by molar-refractivity contribution is 5.92. The molecular weight excluding hydrogens is 281 g/mol. The minimum absolute atomic E-state index is 0.0690. The van der Waals surface area contributed by atoms with Gasteiger partial charge in [0.2, 0.25) is 0 Å². The second-order valence-corrected chi connectivity index (χ2v) is 4.50. The summed E-state index contributed by atoms with van der Waals surface area (Å²) in [6.07, 6.45) is -3.05. The maximum Gasteiger partial charge on any atom is 0.416 e.